The highest BCUT2D eigenvalue weighted by Crippen LogP contribution is 2.42. The lowest BCUT2D eigenvalue weighted by atomic mass is 9.96. The first-order valence-electron chi connectivity index (χ1n) is 17.1. The van der Waals surface area contributed by atoms with E-state index in [4.69, 9.17) is 14.4 Å². The van der Waals surface area contributed by atoms with Gasteiger partial charge in [-0.25, -0.2) is 9.97 Å². The molecule has 50 heavy (non-hydrogen) atoms. The summed E-state index contributed by atoms with van der Waals surface area (Å²) in [6.07, 6.45) is 8.78. The minimum atomic E-state index is 0.692. The summed E-state index contributed by atoms with van der Waals surface area (Å²) in [5.41, 5.74) is 12.4. The van der Waals surface area contributed by atoms with Crippen LogP contribution >= 0.6 is 0 Å². The number of hydrogen-bond acceptors (Lipinski definition) is 3. The van der Waals surface area contributed by atoms with Crippen molar-refractivity contribution in [2.45, 2.75) is 12.8 Å². The Kier molecular flexibility index (Phi) is 6.59. The summed E-state index contributed by atoms with van der Waals surface area (Å²) in [7, 11) is 0. The summed E-state index contributed by atoms with van der Waals surface area (Å²) in [5.74, 6) is 0.692. The normalized spacial score (nSPS) is 13.1. The summed E-state index contributed by atoms with van der Waals surface area (Å²) in [6.45, 7) is 0. The number of nitrogens with zero attached hydrogens (tertiary/aromatic N) is 3. The number of benzene rings is 6. The maximum atomic E-state index is 6.86. The van der Waals surface area contributed by atoms with Crippen LogP contribution in [-0.4, -0.2) is 14.5 Å². The highest BCUT2D eigenvalue weighted by atomic mass is 16.3. The van der Waals surface area contributed by atoms with Gasteiger partial charge < -0.3 is 8.98 Å². The van der Waals surface area contributed by atoms with E-state index in [9.17, 15) is 0 Å². The van der Waals surface area contributed by atoms with Crippen molar-refractivity contribution in [2.75, 3.05) is 0 Å². The lowest BCUT2D eigenvalue weighted by Crippen LogP contribution is -1.96. The Labute approximate surface area is 289 Å². The van der Waals surface area contributed by atoms with Crippen LogP contribution < -0.4 is 0 Å². The first-order chi connectivity index (χ1) is 24.8. The molecule has 0 radical (unpaired) electrons. The molecule has 1 aliphatic carbocycles. The Bertz CT molecular complexity index is 2750. The van der Waals surface area contributed by atoms with Gasteiger partial charge in [-0.15, -0.1) is 0 Å². The topological polar surface area (TPSA) is 43.9 Å². The average Bonchev–Trinajstić information content (AvgIpc) is 3.74. The second kappa shape index (κ2) is 11.6. The molecule has 10 rings (SSSR count). The van der Waals surface area contributed by atoms with Gasteiger partial charge in [0.05, 0.1) is 28.1 Å². The van der Waals surface area contributed by atoms with Crippen LogP contribution in [0.2, 0.25) is 0 Å². The van der Waals surface area contributed by atoms with Crippen molar-refractivity contribution in [3.8, 4) is 39.6 Å². The Morgan fingerprint density at radius 3 is 2.14 bits per heavy atom. The number of fused-ring (bicyclic) bond motifs is 6. The Morgan fingerprint density at radius 2 is 1.30 bits per heavy atom. The number of aromatic nitrogens is 3. The number of rotatable bonds is 5. The molecule has 3 heterocycles. The minimum absolute atomic E-state index is 0.692. The lowest BCUT2D eigenvalue weighted by molar-refractivity contribution is 0.666. The summed E-state index contributed by atoms with van der Waals surface area (Å²) in [4.78, 5) is 10.2. The van der Waals surface area contributed by atoms with Crippen LogP contribution in [0.25, 0.3) is 88.9 Å². The number of allylic oxidation sites excluding steroid dienone is 4. The fourth-order valence-corrected chi connectivity index (χ4v) is 7.55. The van der Waals surface area contributed by atoms with E-state index in [1.54, 1.807) is 0 Å². The number of hydrogen-bond donors (Lipinski definition) is 0. The fraction of sp³-hybridized carbons (Fsp3) is 0.0435. The predicted octanol–water partition coefficient (Wildman–Crippen LogP) is 12.2. The number of furan rings is 1. The molecule has 0 unspecified atom stereocenters. The van der Waals surface area contributed by atoms with E-state index >= 15 is 0 Å². The smallest absolute Gasteiger partial charge is 0.160 e. The van der Waals surface area contributed by atoms with Crippen LogP contribution in [0.15, 0.2) is 168 Å². The van der Waals surface area contributed by atoms with E-state index in [0.29, 0.717) is 5.82 Å². The van der Waals surface area contributed by atoms with Gasteiger partial charge in [0.15, 0.2) is 11.4 Å². The highest BCUT2D eigenvalue weighted by Gasteiger charge is 2.21. The largest absolute Gasteiger partial charge is 0.454 e. The van der Waals surface area contributed by atoms with Crippen molar-refractivity contribution in [3.05, 3.63) is 169 Å². The molecule has 0 spiro atoms. The van der Waals surface area contributed by atoms with Crippen LogP contribution in [0.3, 0.4) is 0 Å². The molecule has 6 aromatic carbocycles. The summed E-state index contributed by atoms with van der Waals surface area (Å²) in [5, 5.41) is 4.55. The second-order valence-corrected chi connectivity index (χ2v) is 12.9. The third-order valence-corrected chi connectivity index (χ3v) is 9.90. The third kappa shape index (κ3) is 4.61. The zero-order chi connectivity index (χ0) is 33.0. The van der Waals surface area contributed by atoms with E-state index in [2.05, 4.69) is 132 Å². The summed E-state index contributed by atoms with van der Waals surface area (Å²) in [6, 6.07) is 51.0. The average molecular weight is 642 g/mol. The van der Waals surface area contributed by atoms with Crippen molar-refractivity contribution in [2.24, 2.45) is 0 Å². The van der Waals surface area contributed by atoms with Crippen LogP contribution in [0.5, 0.6) is 0 Å². The van der Waals surface area contributed by atoms with Crippen molar-refractivity contribution in [1.29, 1.82) is 0 Å². The van der Waals surface area contributed by atoms with E-state index in [1.165, 1.54) is 27.4 Å². The minimum Gasteiger partial charge on any atom is -0.454 e. The van der Waals surface area contributed by atoms with Gasteiger partial charge in [-0.05, 0) is 54.3 Å². The van der Waals surface area contributed by atoms with E-state index in [1.807, 2.05) is 36.4 Å². The maximum absolute atomic E-state index is 6.86. The molecule has 236 valence electrons. The fourth-order valence-electron chi connectivity index (χ4n) is 7.55. The van der Waals surface area contributed by atoms with Gasteiger partial charge >= 0.3 is 0 Å². The van der Waals surface area contributed by atoms with E-state index in [-0.39, 0.29) is 0 Å². The molecule has 0 saturated heterocycles. The molecule has 0 atom stereocenters. The molecular formula is C46H31N3O. The van der Waals surface area contributed by atoms with Crippen LogP contribution in [0, 0.1) is 0 Å². The molecule has 9 aromatic rings. The van der Waals surface area contributed by atoms with Gasteiger partial charge in [-0.1, -0.05) is 133 Å². The predicted molar refractivity (Wildman–Crippen MR) is 206 cm³/mol. The summed E-state index contributed by atoms with van der Waals surface area (Å²) < 4.78 is 9.24. The van der Waals surface area contributed by atoms with E-state index < -0.39 is 0 Å². The quantitative estimate of drug-likeness (QED) is 0.188. The molecule has 0 amide bonds. The standard InChI is InChI=1S/C46H31N3O/c1-4-14-30(15-5-1)33-26-27-35-34-20-10-11-23-40(34)49(42(35)28-33)41-24-12-22-37-44-36(21-13-25-43(44)50-45(37)41)39-29-38(31-16-6-2-7-17-31)47-46(48-39)32-18-8-3-9-19-32/h1-4,6-14,16-29H,5,15H2. The molecule has 4 heteroatoms. The Hall–Kier alpha value is -6.52. The van der Waals surface area contributed by atoms with Crippen molar-refractivity contribution >= 4 is 49.3 Å². The van der Waals surface area contributed by atoms with Gasteiger partial charge in [-0.3, -0.25) is 0 Å². The molecule has 0 aliphatic heterocycles. The van der Waals surface area contributed by atoms with E-state index in [0.717, 1.165) is 74.1 Å². The molecule has 0 N–H and O–H groups in total. The van der Waals surface area contributed by atoms with Gasteiger partial charge in [0.25, 0.3) is 0 Å². The van der Waals surface area contributed by atoms with Crippen molar-refractivity contribution < 1.29 is 4.42 Å². The summed E-state index contributed by atoms with van der Waals surface area (Å²) >= 11 is 0. The Morgan fingerprint density at radius 1 is 0.560 bits per heavy atom. The molecule has 0 fully saturated rings. The third-order valence-electron chi connectivity index (χ3n) is 9.90. The Balaban J connectivity index is 1.22. The number of para-hydroxylation sites is 2. The zero-order valence-electron chi connectivity index (χ0n) is 27.3. The first kappa shape index (κ1) is 28.5. The van der Waals surface area contributed by atoms with Gasteiger partial charge in [-0.2, -0.15) is 0 Å². The van der Waals surface area contributed by atoms with Crippen LogP contribution in [-0.2, 0) is 0 Å². The van der Waals surface area contributed by atoms with Gasteiger partial charge in [0.1, 0.15) is 5.58 Å². The maximum Gasteiger partial charge on any atom is 0.160 e. The zero-order valence-corrected chi connectivity index (χ0v) is 27.3. The van der Waals surface area contributed by atoms with Crippen molar-refractivity contribution in [3.63, 3.8) is 0 Å². The van der Waals surface area contributed by atoms with Gasteiger partial charge in [0, 0.05) is 38.2 Å². The highest BCUT2D eigenvalue weighted by molar-refractivity contribution is 6.16. The van der Waals surface area contributed by atoms with Crippen LogP contribution in [0.4, 0.5) is 0 Å². The molecule has 0 saturated carbocycles. The molecule has 3 aromatic heterocycles. The molecule has 1 aliphatic rings. The molecular weight excluding hydrogens is 611 g/mol. The van der Waals surface area contributed by atoms with Crippen molar-refractivity contribution in [1.82, 2.24) is 14.5 Å². The van der Waals surface area contributed by atoms with Crippen LogP contribution in [0.1, 0.15) is 18.4 Å². The second-order valence-electron chi connectivity index (χ2n) is 12.9. The van der Waals surface area contributed by atoms with Gasteiger partial charge in [0.2, 0.25) is 0 Å². The molecule has 4 nitrogen and oxygen atoms in total. The first-order valence-corrected chi connectivity index (χ1v) is 17.1. The molecule has 0 bridgehead atoms. The lowest BCUT2D eigenvalue weighted by Gasteiger charge is -2.12. The monoisotopic (exact) mass is 641 g/mol. The SMILES string of the molecule is C1=CCCC(c2ccc3c4ccccc4n(-c4cccc5c4oc4cccc(-c6cc(-c7ccccc7)nc(-c7ccccc7)n6)c45)c3c2)=C1.